The zero-order chi connectivity index (χ0) is 12.4. The van der Waals surface area contributed by atoms with E-state index in [-0.39, 0.29) is 5.54 Å². The summed E-state index contributed by atoms with van der Waals surface area (Å²) in [6.45, 7) is 2.21. The van der Waals surface area contributed by atoms with Gasteiger partial charge in [0.1, 0.15) is 0 Å². The molecule has 96 valence electrons. The van der Waals surface area contributed by atoms with Gasteiger partial charge >= 0.3 is 0 Å². The lowest BCUT2D eigenvalue weighted by atomic mass is 9.45. The molecule has 1 nitrogen and oxygen atoms in total. The van der Waals surface area contributed by atoms with Crippen molar-refractivity contribution < 1.29 is 0 Å². The Balaban J connectivity index is 1.80. The molecule has 4 aliphatic carbocycles. The van der Waals surface area contributed by atoms with Crippen molar-refractivity contribution in [2.45, 2.75) is 56.4 Å². The van der Waals surface area contributed by atoms with Crippen molar-refractivity contribution >= 4 is 0 Å². The van der Waals surface area contributed by atoms with E-state index in [1.54, 1.807) is 5.56 Å². The fraction of sp³-hybridized carbons (Fsp3) is 0.647. The van der Waals surface area contributed by atoms with Crippen LogP contribution in [0, 0.1) is 18.8 Å². The van der Waals surface area contributed by atoms with Gasteiger partial charge in [-0.25, -0.2) is 0 Å². The second kappa shape index (κ2) is 3.39. The average molecular weight is 241 g/mol. The number of rotatable bonds is 1. The van der Waals surface area contributed by atoms with Crippen LogP contribution in [-0.4, -0.2) is 5.54 Å². The lowest BCUT2D eigenvalue weighted by Crippen LogP contribution is -2.61. The fourth-order valence-electron chi connectivity index (χ4n) is 5.65. The maximum atomic E-state index is 6.68. The second-order valence-corrected chi connectivity index (χ2v) is 7.47. The Morgan fingerprint density at radius 1 is 1.11 bits per heavy atom. The quantitative estimate of drug-likeness (QED) is 0.799. The summed E-state index contributed by atoms with van der Waals surface area (Å²) < 4.78 is 0. The second-order valence-electron chi connectivity index (χ2n) is 7.47. The molecule has 4 saturated carbocycles. The molecule has 0 aromatic heterocycles. The van der Waals surface area contributed by atoms with Gasteiger partial charge in [0, 0.05) is 5.54 Å². The van der Waals surface area contributed by atoms with Crippen molar-refractivity contribution in [2.24, 2.45) is 17.6 Å². The first-order valence-corrected chi connectivity index (χ1v) is 7.43. The van der Waals surface area contributed by atoms with Gasteiger partial charge in [0.15, 0.2) is 0 Å². The van der Waals surface area contributed by atoms with E-state index >= 15 is 0 Å². The molecule has 0 amide bonds. The molecule has 1 aromatic carbocycles. The lowest BCUT2D eigenvalue weighted by molar-refractivity contribution is -0.0227. The molecular weight excluding hydrogens is 218 g/mol. The van der Waals surface area contributed by atoms with Gasteiger partial charge in [0.2, 0.25) is 0 Å². The SMILES string of the molecule is Cc1cccc(C23CC4CC(CC(N)(C4)C2)C3)c1. The molecule has 2 unspecified atom stereocenters. The first-order valence-electron chi connectivity index (χ1n) is 7.43. The molecule has 5 rings (SSSR count). The summed E-state index contributed by atoms with van der Waals surface area (Å²) in [7, 11) is 0. The van der Waals surface area contributed by atoms with Gasteiger partial charge < -0.3 is 5.73 Å². The van der Waals surface area contributed by atoms with Crippen molar-refractivity contribution in [3.63, 3.8) is 0 Å². The van der Waals surface area contributed by atoms with E-state index in [0.717, 1.165) is 11.8 Å². The molecule has 0 saturated heterocycles. The highest BCUT2D eigenvalue weighted by atomic mass is 14.8. The molecule has 18 heavy (non-hydrogen) atoms. The number of nitrogens with two attached hydrogens (primary N) is 1. The molecule has 0 heterocycles. The monoisotopic (exact) mass is 241 g/mol. The van der Waals surface area contributed by atoms with Gasteiger partial charge in [0.25, 0.3) is 0 Å². The van der Waals surface area contributed by atoms with E-state index < -0.39 is 0 Å². The standard InChI is InChI=1S/C17H23N/c1-12-3-2-4-15(5-12)16-7-13-6-14(8-16)10-17(18,9-13)11-16/h2-5,13-14H,6-11,18H2,1H3. The van der Waals surface area contributed by atoms with Crippen molar-refractivity contribution in [1.29, 1.82) is 0 Å². The minimum absolute atomic E-state index is 0.161. The zero-order valence-corrected chi connectivity index (χ0v) is 11.3. The van der Waals surface area contributed by atoms with E-state index in [1.807, 2.05) is 0 Å². The maximum Gasteiger partial charge on any atom is 0.0168 e. The predicted molar refractivity (Wildman–Crippen MR) is 74.5 cm³/mol. The molecule has 2 atom stereocenters. The number of aryl methyl sites for hydroxylation is 1. The first-order chi connectivity index (χ1) is 8.57. The third-order valence-corrected chi connectivity index (χ3v) is 5.74. The normalized spacial score (nSPS) is 45.4. The Morgan fingerprint density at radius 3 is 2.44 bits per heavy atom. The zero-order valence-electron chi connectivity index (χ0n) is 11.3. The van der Waals surface area contributed by atoms with E-state index in [0.29, 0.717) is 5.41 Å². The summed E-state index contributed by atoms with van der Waals surface area (Å²) in [4.78, 5) is 0. The van der Waals surface area contributed by atoms with Crippen LogP contribution in [0.5, 0.6) is 0 Å². The molecule has 4 bridgehead atoms. The minimum atomic E-state index is 0.161. The first kappa shape index (κ1) is 11.0. The third-order valence-electron chi connectivity index (χ3n) is 5.74. The van der Waals surface area contributed by atoms with Gasteiger partial charge in [-0.2, -0.15) is 0 Å². The molecule has 4 fully saturated rings. The van der Waals surface area contributed by atoms with E-state index in [1.165, 1.54) is 44.1 Å². The van der Waals surface area contributed by atoms with E-state index in [9.17, 15) is 0 Å². The number of hydrogen-bond donors (Lipinski definition) is 1. The molecule has 4 aliphatic rings. The van der Waals surface area contributed by atoms with Crippen LogP contribution in [0.15, 0.2) is 24.3 Å². The summed E-state index contributed by atoms with van der Waals surface area (Å²) in [5.41, 5.74) is 10.2. The van der Waals surface area contributed by atoms with Gasteiger partial charge in [-0.1, -0.05) is 29.8 Å². The third kappa shape index (κ3) is 1.50. The lowest BCUT2D eigenvalue weighted by Gasteiger charge is -2.61. The van der Waals surface area contributed by atoms with Gasteiger partial charge in [-0.15, -0.1) is 0 Å². The highest BCUT2D eigenvalue weighted by molar-refractivity contribution is 5.34. The number of hydrogen-bond acceptors (Lipinski definition) is 1. The van der Waals surface area contributed by atoms with Crippen LogP contribution < -0.4 is 5.73 Å². The Morgan fingerprint density at radius 2 is 1.83 bits per heavy atom. The Labute approximate surface area is 110 Å². The molecule has 0 radical (unpaired) electrons. The maximum absolute atomic E-state index is 6.68. The summed E-state index contributed by atoms with van der Waals surface area (Å²) in [5.74, 6) is 1.80. The predicted octanol–water partition coefficient (Wildman–Crippen LogP) is 3.54. The van der Waals surface area contributed by atoms with Gasteiger partial charge in [-0.3, -0.25) is 0 Å². The summed E-state index contributed by atoms with van der Waals surface area (Å²) in [6, 6.07) is 9.20. The smallest absolute Gasteiger partial charge is 0.0168 e. The van der Waals surface area contributed by atoms with Crippen LogP contribution in [0.25, 0.3) is 0 Å². The topological polar surface area (TPSA) is 26.0 Å². The molecular formula is C17H23N. The van der Waals surface area contributed by atoms with Crippen LogP contribution in [-0.2, 0) is 5.41 Å². The summed E-state index contributed by atoms with van der Waals surface area (Å²) >= 11 is 0. The highest BCUT2D eigenvalue weighted by Gasteiger charge is 2.56. The van der Waals surface area contributed by atoms with Crippen LogP contribution in [0.4, 0.5) is 0 Å². The molecule has 1 heteroatoms. The molecule has 0 aliphatic heterocycles. The minimum Gasteiger partial charge on any atom is -0.325 e. The van der Waals surface area contributed by atoms with Crippen molar-refractivity contribution in [1.82, 2.24) is 0 Å². The Kier molecular flexibility index (Phi) is 2.08. The van der Waals surface area contributed by atoms with Crippen molar-refractivity contribution in [3.8, 4) is 0 Å². The van der Waals surface area contributed by atoms with Crippen LogP contribution >= 0.6 is 0 Å². The fourth-order valence-corrected chi connectivity index (χ4v) is 5.65. The average Bonchev–Trinajstić information content (AvgIpc) is 2.25. The Hall–Kier alpha value is -0.820. The van der Waals surface area contributed by atoms with Gasteiger partial charge in [-0.05, 0) is 68.3 Å². The highest BCUT2D eigenvalue weighted by Crippen LogP contribution is 2.61. The number of benzene rings is 1. The van der Waals surface area contributed by atoms with Crippen LogP contribution in [0.2, 0.25) is 0 Å². The van der Waals surface area contributed by atoms with E-state index in [2.05, 4.69) is 31.2 Å². The van der Waals surface area contributed by atoms with Gasteiger partial charge in [0.05, 0.1) is 0 Å². The van der Waals surface area contributed by atoms with Crippen LogP contribution in [0.1, 0.15) is 49.7 Å². The largest absolute Gasteiger partial charge is 0.325 e. The van der Waals surface area contributed by atoms with Crippen molar-refractivity contribution in [3.05, 3.63) is 35.4 Å². The summed E-state index contributed by atoms with van der Waals surface area (Å²) in [5, 5.41) is 0. The molecule has 2 N–H and O–H groups in total. The molecule has 0 spiro atoms. The molecule has 1 aromatic rings. The van der Waals surface area contributed by atoms with Crippen molar-refractivity contribution in [2.75, 3.05) is 0 Å². The van der Waals surface area contributed by atoms with Crippen LogP contribution in [0.3, 0.4) is 0 Å². The van der Waals surface area contributed by atoms with E-state index in [4.69, 9.17) is 5.73 Å². The Bertz CT molecular complexity index is 476. The summed E-state index contributed by atoms with van der Waals surface area (Å²) in [6.07, 6.45) is 8.05.